The van der Waals surface area contributed by atoms with Crippen molar-refractivity contribution in [2.24, 2.45) is 16.9 Å². The van der Waals surface area contributed by atoms with Gasteiger partial charge in [-0.15, -0.1) is 0 Å². The van der Waals surface area contributed by atoms with Gasteiger partial charge in [-0.2, -0.15) is 10.4 Å². The number of hydrogen-bond acceptors (Lipinski definition) is 5. The second-order valence-electron chi connectivity index (χ2n) is 5.01. The molecule has 0 saturated carbocycles. The van der Waals surface area contributed by atoms with E-state index in [0.717, 1.165) is 12.1 Å². The van der Waals surface area contributed by atoms with Crippen LogP contribution < -0.4 is 9.75 Å². The molecular formula is C15H16N4O2. The van der Waals surface area contributed by atoms with Gasteiger partial charge in [-0.05, 0) is 18.6 Å². The molecule has 2 aliphatic rings. The van der Waals surface area contributed by atoms with Crippen molar-refractivity contribution >= 4 is 17.2 Å². The predicted molar refractivity (Wildman–Crippen MR) is 78.7 cm³/mol. The number of fused-ring (bicyclic) bond motifs is 1. The number of amidine groups is 1. The largest absolute Gasteiger partial charge is 0.494 e. The lowest BCUT2D eigenvalue weighted by Gasteiger charge is -2.37. The Morgan fingerprint density at radius 1 is 1.48 bits per heavy atom. The summed E-state index contributed by atoms with van der Waals surface area (Å²) in [5.74, 6) is 0.310. The minimum atomic E-state index is -0.494. The van der Waals surface area contributed by atoms with E-state index in [1.54, 1.807) is 7.11 Å². The van der Waals surface area contributed by atoms with Crippen LogP contribution >= 0.6 is 0 Å². The first kappa shape index (κ1) is 13.6. The maximum absolute atomic E-state index is 9.45. The quantitative estimate of drug-likeness (QED) is 0.900. The van der Waals surface area contributed by atoms with Crippen LogP contribution in [0.4, 0.5) is 5.69 Å². The van der Waals surface area contributed by atoms with E-state index >= 15 is 0 Å². The molecule has 1 aromatic carbocycles. The molecule has 108 valence electrons. The summed E-state index contributed by atoms with van der Waals surface area (Å²) >= 11 is 0. The Balaban J connectivity index is 2.06. The van der Waals surface area contributed by atoms with E-state index in [2.05, 4.69) is 11.2 Å². The number of para-hydroxylation sites is 2. The van der Waals surface area contributed by atoms with Crippen LogP contribution in [0.15, 0.2) is 29.4 Å². The van der Waals surface area contributed by atoms with Gasteiger partial charge in [0, 0.05) is 12.5 Å². The van der Waals surface area contributed by atoms with Gasteiger partial charge in [-0.25, -0.2) is 5.01 Å². The molecule has 6 nitrogen and oxygen atoms in total. The highest BCUT2D eigenvalue weighted by molar-refractivity contribution is 6.08. The zero-order valence-electron chi connectivity index (χ0n) is 11.7. The first-order valence-electron chi connectivity index (χ1n) is 6.82. The minimum absolute atomic E-state index is 0.0118. The fourth-order valence-corrected chi connectivity index (χ4v) is 2.77. The SMILES string of the molecule is COc1ccccc1N1N=C2COCCC2C(C#N)C1=N. The third-order valence-electron chi connectivity index (χ3n) is 3.86. The van der Waals surface area contributed by atoms with E-state index in [4.69, 9.17) is 14.9 Å². The van der Waals surface area contributed by atoms with Crippen molar-refractivity contribution in [3.8, 4) is 11.8 Å². The van der Waals surface area contributed by atoms with Gasteiger partial charge in [0.05, 0.1) is 25.5 Å². The standard InChI is InChI=1S/C15H16N4O2/c1-20-14-5-3-2-4-13(14)19-15(17)11(8-16)10-6-7-21-9-12(10)18-19/h2-5,10-11,17H,6-7,9H2,1H3. The summed E-state index contributed by atoms with van der Waals surface area (Å²) in [6.07, 6.45) is 0.735. The third kappa shape index (κ3) is 2.26. The highest BCUT2D eigenvalue weighted by atomic mass is 16.5. The molecular weight excluding hydrogens is 268 g/mol. The molecule has 1 aromatic rings. The van der Waals surface area contributed by atoms with Crippen molar-refractivity contribution in [2.45, 2.75) is 6.42 Å². The van der Waals surface area contributed by atoms with E-state index < -0.39 is 5.92 Å². The molecule has 2 unspecified atom stereocenters. The topological polar surface area (TPSA) is 81.7 Å². The van der Waals surface area contributed by atoms with E-state index in [1.807, 2.05) is 24.3 Å². The van der Waals surface area contributed by atoms with Crippen LogP contribution in [0.3, 0.4) is 0 Å². The minimum Gasteiger partial charge on any atom is -0.494 e. The maximum Gasteiger partial charge on any atom is 0.144 e. The Hall–Kier alpha value is -2.39. The summed E-state index contributed by atoms with van der Waals surface area (Å²) in [6, 6.07) is 9.60. The normalized spacial score (nSPS) is 24.9. The highest BCUT2D eigenvalue weighted by Crippen LogP contribution is 2.35. The molecule has 3 rings (SSSR count). The number of ether oxygens (including phenoxy) is 2. The highest BCUT2D eigenvalue weighted by Gasteiger charge is 2.39. The number of rotatable bonds is 2. The van der Waals surface area contributed by atoms with Crippen molar-refractivity contribution in [1.29, 1.82) is 10.7 Å². The number of methoxy groups -OCH3 is 1. The molecule has 0 aromatic heterocycles. The Morgan fingerprint density at radius 3 is 3.05 bits per heavy atom. The average Bonchev–Trinajstić information content (AvgIpc) is 2.54. The Morgan fingerprint density at radius 2 is 2.29 bits per heavy atom. The number of hydrogen-bond donors (Lipinski definition) is 1. The van der Waals surface area contributed by atoms with Crippen LogP contribution in [0.25, 0.3) is 0 Å². The lowest BCUT2D eigenvalue weighted by molar-refractivity contribution is 0.133. The molecule has 0 aliphatic carbocycles. The van der Waals surface area contributed by atoms with Gasteiger partial charge in [0.2, 0.25) is 0 Å². The van der Waals surface area contributed by atoms with E-state index in [0.29, 0.717) is 24.7 Å². The maximum atomic E-state index is 9.45. The van der Waals surface area contributed by atoms with Crippen molar-refractivity contribution in [1.82, 2.24) is 0 Å². The molecule has 1 saturated heterocycles. The number of nitriles is 1. The summed E-state index contributed by atoms with van der Waals surface area (Å²) in [5, 5.41) is 23.8. The van der Waals surface area contributed by atoms with E-state index in [-0.39, 0.29) is 11.8 Å². The fourth-order valence-electron chi connectivity index (χ4n) is 2.77. The second kappa shape index (κ2) is 5.54. The third-order valence-corrected chi connectivity index (χ3v) is 3.86. The summed E-state index contributed by atoms with van der Waals surface area (Å²) < 4.78 is 10.8. The summed E-state index contributed by atoms with van der Waals surface area (Å²) in [5.41, 5.74) is 1.50. The average molecular weight is 284 g/mol. The zero-order valence-corrected chi connectivity index (χ0v) is 11.7. The van der Waals surface area contributed by atoms with Gasteiger partial charge < -0.3 is 9.47 Å². The lowest BCUT2D eigenvalue weighted by Crippen LogP contribution is -2.47. The molecule has 1 N–H and O–H groups in total. The molecule has 2 heterocycles. The van der Waals surface area contributed by atoms with Crippen molar-refractivity contribution in [3.05, 3.63) is 24.3 Å². The van der Waals surface area contributed by atoms with Crippen LogP contribution in [-0.4, -0.2) is 31.9 Å². The smallest absolute Gasteiger partial charge is 0.144 e. The molecule has 0 radical (unpaired) electrons. The van der Waals surface area contributed by atoms with E-state index in [9.17, 15) is 5.26 Å². The number of anilines is 1. The van der Waals surface area contributed by atoms with Gasteiger partial charge in [-0.1, -0.05) is 12.1 Å². The first-order chi connectivity index (χ1) is 10.3. The second-order valence-corrected chi connectivity index (χ2v) is 5.01. The van der Waals surface area contributed by atoms with E-state index in [1.165, 1.54) is 5.01 Å². The number of benzene rings is 1. The van der Waals surface area contributed by atoms with Crippen LogP contribution in [-0.2, 0) is 4.74 Å². The molecule has 0 bridgehead atoms. The monoisotopic (exact) mass is 284 g/mol. The zero-order chi connectivity index (χ0) is 14.8. The first-order valence-corrected chi connectivity index (χ1v) is 6.82. The molecule has 0 amide bonds. The number of nitrogens with zero attached hydrogens (tertiary/aromatic N) is 3. The van der Waals surface area contributed by atoms with Gasteiger partial charge in [-0.3, -0.25) is 5.41 Å². The van der Waals surface area contributed by atoms with Crippen molar-refractivity contribution in [2.75, 3.05) is 25.3 Å². The Bertz CT molecular complexity index is 635. The fraction of sp³-hybridized carbons (Fsp3) is 0.400. The lowest BCUT2D eigenvalue weighted by atomic mass is 9.83. The predicted octanol–water partition coefficient (Wildman–Crippen LogP) is 2.02. The van der Waals surface area contributed by atoms with Gasteiger partial charge in [0.1, 0.15) is 23.2 Å². The number of nitrogens with one attached hydrogen (secondary N) is 1. The number of hydrazone groups is 1. The molecule has 2 aliphatic heterocycles. The summed E-state index contributed by atoms with van der Waals surface area (Å²) in [7, 11) is 1.58. The van der Waals surface area contributed by atoms with Gasteiger partial charge in [0.25, 0.3) is 0 Å². The van der Waals surface area contributed by atoms with Crippen LogP contribution in [0.1, 0.15) is 6.42 Å². The Kier molecular flexibility index (Phi) is 3.59. The van der Waals surface area contributed by atoms with Gasteiger partial charge in [0.15, 0.2) is 0 Å². The van der Waals surface area contributed by atoms with Gasteiger partial charge >= 0.3 is 0 Å². The summed E-state index contributed by atoms with van der Waals surface area (Å²) in [6.45, 7) is 1.03. The molecule has 21 heavy (non-hydrogen) atoms. The Labute approximate surface area is 123 Å². The summed E-state index contributed by atoms with van der Waals surface area (Å²) in [4.78, 5) is 0. The molecule has 6 heteroatoms. The molecule has 1 fully saturated rings. The van der Waals surface area contributed by atoms with Crippen molar-refractivity contribution < 1.29 is 9.47 Å². The van der Waals surface area contributed by atoms with Crippen LogP contribution in [0.2, 0.25) is 0 Å². The van der Waals surface area contributed by atoms with Crippen molar-refractivity contribution in [3.63, 3.8) is 0 Å². The molecule has 0 spiro atoms. The van der Waals surface area contributed by atoms with Crippen LogP contribution in [0, 0.1) is 28.6 Å². The van der Waals surface area contributed by atoms with Crippen LogP contribution in [0.5, 0.6) is 5.75 Å². The molecule has 2 atom stereocenters.